The highest BCUT2D eigenvalue weighted by atomic mass is 16.2. The molecule has 0 spiro atoms. The third-order valence-electron chi connectivity index (χ3n) is 5.21. The summed E-state index contributed by atoms with van der Waals surface area (Å²) in [5.74, 6) is 1.67. The SMILES string of the molecule is O=C(NCC1CC1)N1CCC[C@H]1CC1CCCCC1. The number of amides is 2. The Morgan fingerprint density at radius 1 is 0.947 bits per heavy atom. The van der Waals surface area contributed by atoms with Crippen LogP contribution in [0.1, 0.15) is 64.2 Å². The van der Waals surface area contributed by atoms with Gasteiger partial charge in [-0.25, -0.2) is 4.79 Å². The summed E-state index contributed by atoms with van der Waals surface area (Å²) >= 11 is 0. The van der Waals surface area contributed by atoms with E-state index in [0.29, 0.717) is 6.04 Å². The van der Waals surface area contributed by atoms with Gasteiger partial charge in [0, 0.05) is 19.1 Å². The van der Waals surface area contributed by atoms with Crippen molar-refractivity contribution in [2.45, 2.75) is 70.3 Å². The molecule has 0 unspecified atom stereocenters. The number of rotatable bonds is 4. The smallest absolute Gasteiger partial charge is 0.317 e. The molecule has 0 aromatic heterocycles. The molecule has 108 valence electrons. The van der Waals surface area contributed by atoms with E-state index in [0.717, 1.165) is 24.9 Å². The highest BCUT2D eigenvalue weighted by molar-refractivity contribution is 5.74. The second-order valence-corrected chi connectivity index (χ2v) is 6.86. The van der Waals surface area contributed by atoms with Gasteiger partial charge in [-0.2, -0.15) is 0 Å². The van der Waals surface area contributed by atoms with Gasteiger partial charge in [0.2, 0.25) is 0 Å². The first-order valence-electron chi connectivity index (χ1n) is 8.37. The van der Waals surface area contributed by atoms with Crippen LogP contribution in [0.25, 0.3) is 0 Å². The fraction of sp³-hybridized carbons (Fsp3) is 0.938. The van der Waals surface area contributed by atoms with Crippen LogP contribution in [-0.2, 0) is 0 Å². The Hall–Kier alpha value is -0.730. The number of hydrogen-bond donors (Lipinski definition) is 1. The van der Waals surface area contributed by atoms with Crippen molar-refractivity contribution in [3.05, 3.63) is 0 Å². The molecule has 0 bridgehead atoms. The second kappa shape index (κ2) is 6.15. The lowest BCUT2D eigenvalue weighted by Crippen LogP contribution is -2.44. The Kier molecular flexibility index (Phi) is 4.29. The average Bonchev–Trinajstić information content (AvgIpc) is 3.16. The molecule has 2 aliphatic carbocycles. The minimum Gasteiger partial charge on any atom is -0.338 e. The minimum absolute atomic E-state index is 0.213. The minimum atomic E-state index is 0.213. The first kappa shape index (κ1) is 13.3. The zero-order valence-electron chi connectivity index (χ0n) is 12.1. The normalized spacial score (nSPS) is 28.6. The molecule has 2 saturated carbocycles. The van der Waals surface area contributed by atoms with Crippen LogP contribution in [-0.4, -0.2) is 30.1 Å². The van der Waals surface area contributed by atoms with Gasteiger partial charge in [-0.05, 0) is 43.9 Å². The van der Waals surface area contributed by atoms with Gasteiger partial charge in [-0.15, -0.1) is 0 Å². The van der Waals surface area contributed by atoms with E-state index in [2.05, 4.69) is 10.2 Å². The van der Waals surface area contributed by atoms with Crippen molar-refractivity contribution >= 4 is 6.03 Å². The summed E-state index contributed by atoms with van der Waals surface area (Å²) in [6.07, 6.45) is 13.3. The maximum absolute atomic E-state index is 12.2. The Labute approximate surface area is 117 Å². The molecule has 3 rings (SSSR count). The predicted octanol–water partition coefficient (Wildman–Crippen LogP) is 3.54. The monoisotopic (exact) mass is 264 g/mol. The summed E-state index contributed by atoms with van der Waals surface area (Å²) in [6, 6.07) is 0.743. The van der Waals surface area contributed by atoms with E-state index < -0.39 is 0 Å². The van der Waals surface area contributed by atoms with Gasteiger partial charge in [0.05, 0.1) is 0 Å². The lowest BCUT2D eigenvalue weighted by molar-refractivity contribution is 0.177. The topological polar surface area (TPSA) is 32.3 Å². The zero-order valence-corrected chi connectivity index (χ0v) is 12.1. The molecule has 3 aliphatic rings. The van der Waals surface area contributed by atoms with Crippen molar-refractivity contribution < 1.29 is 4.79 Å². The molecule has 2 amide bonds. The zero-order chi connectivity index (χ0) is 13.1. The number of carbonyl (C=O) groups is 1. The van der Waals surface area contributed by atoms with Crippen LogP contribution in [0.5, 0.6) is 0 Å². The van der Waals surface area contributed by atoms with Crippen LogP contribution in [0.3, 0.4) is 0 Å². The van der Waals surface area contributed by atoms with Crippen LogP contribution in [0, 0.1) is 11.8 Å². The van der Waals surface area contributed by atoms with E-state index in [9.17, 15) is 4.79 Å². The number of nitrogens with one attached hydrogen (secondary N) is 1. The number of likely N-dealkylation sites (tertiary alicyclic amines) is 1. The molecule has 1 saturated heterocycles. The predicted molar refractivity (Wildman–Crippen MR) is 77.0 cm³/mol. The number of urea groups is 1. The quantitative estimate of drug-likeness (QED) is 0.827. The lowest BCUT2D eigenvalue weighted by Gasteiger charge is -2.30. The lowest BCUT2D eigenvalue weighted by atomic mass is 9.84. The largest absolute Gasteiger partial charge is 0.338 e. The molecular weight excluding hydrogens is 236 g/mol. The van der Waals surface area contributed by atoms with Gasteiger partial charge in [0.1, 0.15) is 0 Å². The third-order valence-corrected chi connectivity index (χ3v) is 5.21. The molecule has 0 aromatic carbocycles. The van der Waals surface area contributed by atoms with E-state index in [1.165, 1.54) is 64.2 Å². The summed E-state index contributed by atoms with van der Waals surface area (Å²) in [6.45, 7) is 1.89. The first-order chi connectivity index (χ1) is 9.33. The van der Waals surface area contributed by atoms with Gasteiger partial charge in [-0.1, -0.05) is 32.1 Å². The van der Waals surface area contributed by atoms with E-state index in [4.69, 9.17) is 0 Å². The Balaban J connectivity index is 1.46. The summed E-state index contributed by atoms with van der Waals surface area (Å²) in [7, 11) is 0. The number of hydrogen-bond acceptors (Lipinski definition) is 1. The van der Waals surface area contributed by atoms with E-state index in [1.54, 1.807) is 0 Å². The van der Waals surface area contributed by atoms with Crippen LogP contribution < -0.4 is 5.32 Å². The number of carbonyl (C=O) groups excluding carboxylic acids is 1. The summed E-state index contributed by atoms with van der Waals surface area (Å²) < 4.78 is 0. The first-order valence-corrected chi connectivity index (χ1v) is 8.37. The maximum Gasteiger partial charge on any atom is 0.317 e. The molecule has 3 nitrogen and oxygen atoms in total. The molecule has 0 radical (unpaired) electrons. The standard InChI is InChI=1S/C16H28N2O/c19-16(17-12-14-8-9-14)18-10-4-7-15(18)11-13-5-2-1-3-6-13/h13-15H,1-12H2,(H,17,19)/t15-/m0/s1. The van der Waals surface area contributed by atoms with Crippen molar-refractivity contribution in [3.8, 4) is 0 Å². The van der Waals surface area contributed by atoms with Crippen LogP contribution in [0.2, 0.25) is 0 Å². The summed E-state index contributed by atoms with van der Waals surface area (Å²) in [5.41, 5.74) is 0. The van der Waals surface area contributed by atoms with Crippen molar-refractivity contribution in [1.29, 1.82) is 0 Å². The third kappa shape index (κ3) is 3.64. The van der Waals surface area contributed by atoms with E-state index in [-0.39, 0.29) is 6.03 Å². The molecule has 3 heteroatoms. The van der Waals surface area contributed by atoms with E-state index >= 15 is 0 Å². The highest BCUT2D eigenvalue weighted by Crippen LogP contribution is 2.32. The van der Waals surface area contributed by atoms with Gasteiger partial charge in [0.25, 0.3) is 0 Å². The Morgan fingerprint density at radius 3 is 2.47 bits per heavy atom. The van der Waals surface area contributed by atoms with Crippen LogP contribution in [0.4, 0.5) is 4.79 Å². The molecule has 0 aromatic rings. The summed E-state index contributed by atoms with van der Waals surface area (Å²) in [4.78, 5) is 14.4. The Bertz CT molecular complexity index is 308. The molecule has 1 N–H and O–H groups in total. The Morgan fingerprint density at radius 2 is 1.74 bits per heavy atom. The van der Waals surface area contributed by atoms with Crippen molar-refractivity contribution in [1.82, 2.24) is 10.2 Å². The molecule has 1 aliphatic heterocycles. The fourth-order valence-electron chi connectivity index (χ4n) is 3.81. The highest BCUT2D eigenvalue weighted by Gasteiger charge is 2.32. The van der Waals surface area contributed by atoms with Gasteiger partial charge in [0.15, 0.2) is 0 Å². The van der Waals surface area contributed by atoms with Crippen LogP contribution >= 0.6 is 0 Å². The molecule has 1 heterocycles. The molecule has 19 heavy (non-hydrogen) atoms. The van der Waals surface area contributed by atoms with Crippen molar-refractivity contribution in [2.24, 2.45) is 11.8 Å². The van der Waals surface area contributed by atoms with Gasteiger partial charge < -0.3 is 10.2 Å². The second-order valence-electron chi connectivity index (χ2n) is 6.86. The average molecular weight is 264 g/mol. The van der Waals surface area contributed by atoms with Gasteiger partial charge >= 0.3 is 6.03 Å². The fourth-order valence-corrected chi connectivity index (χ4v) is 3.81. The van der Waals surface area contributed by atoms with Crippen LogP contribution in [0.15, 0.2) is 0 Å². The van der Waals surface area contributed by atoms with Gasteiger partial charge in [-0.3, -0.25) is 0 Å². The van der Waals surface area contributed by atoms with E-state index in [1.807, 2.05) is 0 Å². The maximum atomic E-state index is 12.2. The summed E-state index contributed by atoms with van der Waals surface area (Å²) in [5, 5.41) is 3.14. The van der Waals surface area contributed by atoms with Crippen molar-refractivity contribution in [2.75, 3.05) is 13.1 Å². The molecule has 1 atom stereocenters. The number of nitrogens with zero attached hydrogens (tertiary/aromatic N) is 1. The molecular formula is C16H28N2O. The van der Waals surface area contributed by atoms with Crippen molar-refractivity contribution in [3.63, 3.8) is 0 Å². The molecule has 3 fully saturated rings.